The molecule has 0 unspecified atom stereocenters. The van der Waals surface area contributed by atoms with Gasteiger partial charge in [-0.15, -0.1) is 4.73 Å². The highest BCUT2D eigenvalue weighted by Crippen LogP contribution is 2.18. The Morgan fingerprint density at radius 3 is 2.32 bits per heavy atom. The molecule has 0 saturated carbocycles. The lowest BCUT2D eigenvalue weighted by Crippen LogP contribution is -2.39. The molecule has 0 atom stereocenters. The van der Waals surface area contributed by atoms with Crippen LogP contribution in [0.15, 0.2) is 42.5 Å². The highest BCUT2D eigenvalue weighted by atomic mass is 16.7. The number of carbonyl (C=O) groups is 2. The first-order valence-electron chi connectivity index (χ1n) is 9.27. The fourth-order valence-electron chi connectivity index (χ4n) is 2.56. The molecule has 0 aliphatic rings. The molecule has 0 aliphatic carbocycles. The summed E-state index contributed by atoms with van der Waals surface area (Å²) in [5.41, 5.74) is 0.839. The van der Waals surface area contributed by atoms with Gasteiger partial charge in [-0.2, -0.15) is 0 Å². The van der Waals surface area contributed by atoms with E-state index in [-0.39, 0.29) is 13.2 Å². The van der Waals surface area contributed by atoms with Crippen LogP contribution in [-0.4, -0.2) is 45.0 Å². The van der Waals surface area contributed by atoms with Gasteiger partial charge in [-0.1, -0.05) is 56.5 Å². The number of unbranched alkanes of at least 4 members (excludes halogenated alkanes) is 3. The second kappa shape index (κ2) is 10.9. The van der Waals surface area contributed by atoms with Gasteiger partial charge in [0.05, 0.1) is 0 Å². The normalized spacial score (nSPS) is 10.5. The SMILES string of the molecule is CCCCCCN(CC(=O)On1c(O)ccc1O)C(=O)OCc1ccccc1. The van der Waals surface area contributed by atoms with Crippen molar-refractivity contribution in [1.82, 2.24) is 9.63 Å². The Morgan fingerprint density at radius 1 is 1.00 bits per heavy atom. The number of aromatic hydroxyl groups is 2. The third-order valence-corrected chi connectivity index (χ3v) is 4.06. The number of aromatic nitrogens is 1. The van der Waals surface area contributed by atoms with Gasteiger partial charge in [0.1, 0.15) is 13.2 Å². The first kappa shape index (κ1) is 21.1. The van der Waals surface area contributed by atoms with Crippen molar-refractivity contribution in [2.24, 2.45) is 0 Å². The summed E-state index contributed by atoms with van der Waals surface area (Å²) in [5.74, 6) is -1.66. The number of benzene rings is 1. The van der Waals surface area contributed by atoms with Gasteiger partial charge < -0.3 is 19.8 Å². The fraction of sp³-hybridized carbons (Fsp3) is 0.400. The lowest BCUT2D eigenvalue weighted by Gasteiger charge is -2.21. The van der Waals surface area contributed by atoms with E-state index < -0.39 is 23.8 Å². The number of hydrogen-bond donors (Lipinski definition) is 2. The molecule has 1 aromatic carbocycles. The van der Waals surface area contributed by atoms with Crippen LogP contribution in [0.1, 0.15) is 38.2 Å². The van der Waals surface area contributed by atoms with Crippen LogP contribution < -0.4 is 4.84 Å². The Bertz CT molecular complexity index is 740. The Labute approximate surface area is 163 Å². The van der Waals surface area contributed by atoms with E-state index in [1.165, 1.54) is 17.0 Å². The van der Waals surface area contributed by atoms with Crippen LogP contribution in [0.2, 0.25) is 0 Å². The van der Waals surface area contributed by atoms with Gasteiger partial charge in [-0.05, 0) is 12.0 Å². The zero-order valence-electron chi connectivity index (χ0n) is 15.9. The summed E-state index contributed by atoms with van der Waals surface area (Å²) in [5, 5.41) is 19.1. The average molecular weight is 390 g/mol. The Hall–Kier alpha value is -3.16. The van der Waals surface area contributed by atoms with E-state index in [0.717, 1.165) is 31.2 Å². The fourth-order valence-corrected chi connectivity index (χ4v) is 2.56. The number of ether oxygens (including phenoxy) is 1. The predicted octanol–water partition coefficient (Wildman–Crippen LogP) is 3.07. The van der Waals surface area contributed by atoms with Gasteiger partial charge in [0.15, 0.2) is 0 Å². The molecule has 0 aliphatic heterocycles. The smallest absolute Gasteiger partial charge is 0.410 e. The zero-order valence-corrected chi connectivity index (χ0v) is 15.9. The lowest BCUT2D eigenvalue weighted by molar-refractivity contribution is -0.146. The minimum absolute atomic E-state index is 0.0966. The van der Waals surface area contributed by atoms with Crippen molar-refractivity contribution >= 4 is 12.1 Å². The summed E-state index contributed by atoms with van der Waals surface area (Å²) in [6.07, 6.45) is 3.10. The zero-order chi connectivity index (χ0) is 20.4. The molecule has 0 spiro atoms. The molecular weight excluding hydrogens is 364 g/mol. The van der Waals surface area contributed by atoms with Gasteiger partial charge in [0.25, 0.3) is 0 Å². The molecule has 0 bridgehead atoms. The molecule has 8 heteroatoms. The molecule has 1 aromatic heterocycles. The molecule has 2 N–H and O–H groups in total. The van der Waals surface area contributed by atoms with Gasteiger partial charge in [-0.3, -0.25) is 4.90 Å². The van der Waals surface area contributed by atoms with Crippen molar-refractivity contribution in [1.29, 1.82) is 0 Å². The summed E-state index contributed by atoms with van der Waals surface area (Å²) in [6, 6.07) is 11.6. The van der Waals surface area contributed by atoms with Crippen molar-refractivity contribution in [2.75, 3.05) is 13.1 Å². The van der Waals surface area contributed by atoms with E-state index in [1.807, 2.05) is 30.3 Å². The minimum Gasteiger partial charge on any atom is -0.492 e. The molecule has 0 fully saturated rings. The number of carbonyl (C=O) groups excluding carboxylic acids is 2. The number of nitrogens with zero attached hydrogens (tertiary/aromatic N) is 2. The summed E-state index contributed by atoms with van der Waals surface area (Å²) in [4.78, 5) is 30.8. The van der Waals surface area contributed by atoms with Crippen LogP contribution in [0.25, 0.3) is 0 Å². The van der Waals surface area contributed by atoms with Crippen molar-refractivity contribution in [3.63, 3.8) is 0 Å². The van der Waals surface area contributed by atoms with E-state index in [2.05, 4.69) is 6.92 Å². The van der Waals surface area contributed by atoms with Crippen molar-refractivity contribution in [3.05, 3.63) is 48.0 Å². The molecule has 1 amide bonds. The summed E-state index contributed by atoms with van der Waals surface area (Å²) in [6.45, 7) is 2.15. The predicted molar refractivity (Wildman–Crippen MR) is 102 cm³/mol. The molecule has 2 rings (SSSR count). The van der Waals surface area contributed by atoms with Crippen LogP contribution in [-0.2, 0) is 16.1 Å². The minimum atomic E-state index is -0.811. The number of amides is 1. The topological polar surface area (TPSA) is 101 Å². The second-order valence-corrected chi connectivity index (χ2v) is 6.33. The Morgan fingerprint density at radius 2 is 1.68 bits per heavy atom. The third-order valence-electron chi connectivity index (χ3n) is 4.06. The molecule has 152 valence electrons. The molecule has 8 nitrogen and oxygen atoms in total. The van der Waals surface area contributed by atoms with Gasteiger partial charge in [0, 0.05) is 18.7 Å². The third kappa shape index (κ3) is 6.53. The van der Waals surface area contributed by atoms with Crippen LogP contribution in [0.5, 0.6) is 11.8 Å². The monoisotopic (exact) mass is 390 g/mol. The van der Waals surface area contributed by atoms with E-state index in [9.17, 15) is 19.8 Å². The molecule has 0 radical (unpaired) electrons. The van der Waals surface area contributed by atoms with E-state index in [0.29, 0.717) is 11.3 Å². The van der Waals surface area contributed by atoms with Crippen LogP contribution in [0, 0.1) is 0 Å². The van der Waals surface area contributed by atoms with Gasteiger partial charge >= 0.3 is 12.1 Å². The maximum atomic E-state index is 12.4. The Balaban J connectivity index is 1.94. The van der Waals surface area contributed by atoms with E-state index >= 15 is 0 Å². The molecule has 1 heterocycles. The van der Waals surface area contributed by atoms with Crippen LogP contribution in [0.3, 0.4) is 0 Å². The van der Waals surface area contributed by atoms with Gasteiger partial charge in [-0.25, -0.2) is 9.59 Å². The number of rotatable bonds is 10. The standard InChI is InChI=1S/C20H26N2O6/c1-2-3-4-8-13-21(20(26)27-15-16-9-6-5-7-10-16)14-19(25)28-22-17(23)11-12-18(22)24/h5-7,9-12,23-24H,2-4,8,13-15H2,1H3. The Kier molecular flexibility index (Phi) is 8.20. The quantitative estimate of drug-likeness (QED) is 0.605. The van der Waals surface area contributed by atoms with Crippen molar-refractivity contribution < 1.29 is 29.4 Å². The first-order chi connectivity index (χ1) is 13.5. The second-order valence-electron chi connectivity index (χ2n) is 6.33. The lowest BCUT2D eigenvalue weighted by atomic mass is 10.2. The molecule has 0 saturated heterocycles. The average Bonchev–Trinajstić information content (AvgIpc) is 3.01. The van der Waals surface area contributed by atoms with E-state index in [4.69, 9.17) is 9.57 Å². The maximum Gasteiger partial charge on any atom is 0.410 e. The van der Waals surface area contributed by atoms with E-state index in [1.54, 1.807) is 0 Å². The molecule has 2 aromatic rings. The van der Waals surface area contributed by atoms with Gasteiger partial charge in [0.2, 0.25) is 11.8 Å². The van der Waals surface area contributed by atoms with Crippen molar-refractivity contribution in [2.45, 2.75) is 39.2 Å². The van der Waals surface area contributed by atoms with Crippen molar-refractivity contribution in [3.8, 4) is 11.8 Å². The van der Waals surface area contributed by atoms with Crippen LogP contribution in [0.4, 0.5) is 4.79 Å². The first-order valence-corrected chi connectivity index (χ1v) is 9.27. The summed E-state index contributed by atoms with van der Waals surface area (Å²) >= 11 is 0. The highest BCUT2D eigenvalue weighted by Gasteiger charge is 2.21. The molecule has 28 heavy (non-hydrogen) atoms. The maximum absolute atomic E-state index is 12.4. The summed E-state index contributed by atoms with van der Waals surface area (Å²) < 4.78 is 5.89. The highest BCUT2D eigenvalue weighted by molar-refractivity contribution is 5.78. The largest absolute Gasteiger partial charge is 0.492 e. The summed E-state index contributed by atoms with van der Waals surface area (Å²) in [7, 11) is 0. The van der Waals surface area contributed by atoms with Crippen LogP contribution >= 0.6 is 0 Å². The number of hydrogen-bond acceptors (Lipinski definition) is 6. The molecular formula is C20H26N2O6.